The van der Waals surface area contributed by atoms with Gasteiger partial charge in [0.1, 0.15) is 0 Å². The molecule has 3 aromatic rings. The Bertz CT molecular complexity index is 862. The highest BCUT2D eigenvalue weighted by Gasteiger charge is 2.24. The lowest BCUT2D eigenvalue weighted by atomic mass is 9.92. The fourth-order valence-electron chi connectivity index (χ4n) is 2.54. The van der Waals surface area contributed by atoms with E-state index in [1.165, 1.54) is 12.4 Å². The molecule has 124 valence electrons. The Labute approximate surface area is 145 Å². The third kappa shape index (κ3) is 3.95. The molecule has 1 N–H and O–H groups in total. The number of ketones is 1. The first-order chi connectivity index (χ1) is 12.1. The second-order valence-corrected chi connectivity index (χ2v) is 5.59. The number of hydrogen-bond acceptors (Lipinski definition) is 4. The van der Waals surface area contributed by atoms with Crippen LogP contribution in [0.2, 0.25) is 0 Å². The fraction of sp³-hybridized carbons (Fsp3) is 0.100. The molecule has 5 nitrogen and oxygen atoms in total. The van der Waals surface area contributed by atoms with Crippen LogP contribution in [-0.4, -0.2) is 26.8 Å². The largest absolute Gasteiger partial charge is 0.481 e. The smallest absolute Gasteiger partial charge is 0.311 e. The third-order valence-electron chi connectivity index (χ3n) is 3.90. The van der Waals surface area contributed by atoms with Crippen molar-refractivity contribution in [2.75, 3.05) is 0 Å². The van der Waals surface area contributed by atoms with Crippen LogP contribution in [0.25, 0.3) is 11.4 Å². The minimum atomic E-state index is -1.03. The molecule has 1 aromatic heterocycles. The monoisotopic (exact) mass is 332 g/mol. The van der Waals surface area contributed by atoms with Gasteiger partial charge in [-0.1, -0.05) is 60.7 Å². The first kappa shape index (κ1) is 16.5. The normalized spacial score (nSPS) is 11.7. The SMILES string of the molecule is O=C(CC(C(=O)O)c1ccccc1)c1cnc(-c2ccccc2)nc1. The van der Waals surface area contributed by atoms with Gasteiger partial charge in [-0.25, -0.2) is 9.97 Å². The molecule has 0 fully saturated rings. The number of aliphatic carboxylic acids is 1. The van der Waals surface area contributed by atoms with Gasteiger partial charge < -0.3 is 5.11 Å². The first-order valence-electron chi connectivity index (χ1n) is 7.83. The van der Waals surface area contributed by atoms with Crippen molar-refractivity contribution >= 4 is 11.8 Å². The van der Waals surface area contributed by atoms with Gasteiger partial charge in [-0.2, -0.15) is 0 Å². The van der Waals surface area contributed by atoms with E-state index in [0.29, 0.717) is 17.0 Å². The van der Waals surface area contributed by atoms with Crippen LogP contribution in [0.1, 0.15) is 28.3 Å². The number of rotatable bonds is 6. The van der Waals surface area contributed by atoms with Crippen molar-refractivity contribution in [3.8, 4) is 11.4 Å². The van der Waals surface area contributed by atoms with Crippen molar-refractivity contribution in [2.45, 2.75) is 12.3 Å². The molecule has 0 saturated carbocycles. The van der Waals surface area contributed by atoms with Gasteiger partial charge in [0.2, 0.25) is 0 Å². The van der Waals surface area contributed by atoms with Gasteiger partial charge in [-0.3, -0.25) is 9.59 Å². The minimum absolute atomic E-state index is 0.132. The van der Waals surface area contributed by atoms with E-state index in [2.05, 4.69) is 9.97 Å². The summed E-state index contributed by atoms with van der Waals surface area (Å²) in [6, 6.07) is 18.2. The number of carboxylic acids is 1. The fourth-order valence-corrected chi connectivity index (χ4v) is 2.54. The van der Waals surface area contributed by atoms with Crippen LogP contribution in [0, 0.1) is 0 Å². The number of carboxylic acid groups (broad SMARTS) is 1. The van der Waals surface area contributed by atoms with Crippen LogP contribution in [0.3, 0.4) is 0 Å². The first-order valence-corrected chi connectivity index (χ1v) is 7.83. The molecule has 1 unspecified atom stereocenters. The van der Waals surface area contributed by atoms with E-state index < -0.39 is 11.9 Å². The van der Waals surface area contributed by atoms with E-state index in [-0.39, 0.29) is 12.2 Å². The molecule has 1 heterocycles. The van der Waals surface area contributed by atoms with Crippen molar-refractivity contribution in [1.29, 1.82) is 0 Å². The molecular formula is C20H16N2O3. The summed E-state index contributed by atoms with van der Waals surface area (Å²) in [7, 11) is 0. The predicted molar refractivity (Wildman–Crippen MR) is 93.2 cm³/mol. The van der Waals surface area contributed by atoms with Gasteiger partial charge in [-0.05, 0) is 5.56 Å². The Hall–Kier alpha value is -3.34. The van der Waals surface area contributed by atoms with E-state index in [9.17, 15) is 14.7 Å². The van der Waals surface area contributed by atoms with Crippen molar-refractivity contribution in [1.82, 2.24) is 9.97 Å². The number of aromatic nitrogens is 2. The molecule has 3 rings (SSSR count). The molecular weight excluding hydrogens is 316 g/mol. The Kier molecular flexibility index (Phi) is 4.95. The zero-order valence-electron chi connectivity index (χ0n) is 13.4. The third-order valence-corrected chi connectivity index (χ3v) is 3.90. The quantitative estimate of drug-likeness (QED) is 0.698. The number of benzene rings is 2. The number of carbonyl (C=O) groups is 2. The molecule has 0 aliphatic carbocycles. The van der Waals surface area contributed by atoms with Crippen LogP contribution in [0.5, 0.6) is 0 Å². The minimum Gasteiger partial charge on any atom is -0.481 e. The molecule has 0 spiro atoms. The maximum atomic E-state index is 12.4. The van der Waals surface area contributed by atoms with Gasteiger partial charge in [0.15, 0.2) is 11.6 Å². The molecule has 0 amide bonds. The highest BCUT2D eigenvalue weighted by Crippen LogP contribution is 2.22. The van der Waals surface area contributed by atoms with Gasteiger partial charge in [0, 0.05) is 24.4 Å². The highest BCUT2D eigenvalue weighted by molar-refractivity contribution is 5.98. The summed E-state index contributed by atoms with van der Waals surface area (Å²) in [5.74, 6) is -1.69. The van der Waals surface area contributed by atoms with Gasteiger partial charge >= 0.3 is 5.97 Å². The standard InChI is InChI=1S/C20H16N2O3/c23-18(11-17(20(24)25)14-7-3-1-4-8-14)16-12-21-19(22-13-16)15-9-5-2-6-10-15/h1-10,12-13,17H,11H2,(H,24,25). The Morgan fingerprint density at radius 1 is 0.880 bits per heavy atom. The highest BCUT2D eigenvalue weighted by atomic mass is 16.4. The van der Waals surface area contributed by atoms with Crippen LogP contribution in [0.4, 0.5) is 0 Å². The summed E-state index contributed by atoms with van der Waals surface area (Å²) in [6.07, 6.45) is 2.76. The lowest BCUT2D eigenvalue weighted by molar-refractivity contribution is -0.138. The second kappa shape index (κ2) is 7.49. The summed E-state index contributed by atoms with van der Waals surface area (Å²) in [5.41, 5.74) is 1.77. The lowest BCUT2D eigenvalue weighted by Gasteiger charge is -2.11. The van der Waals surface area contributed by atoms with Crippen LogP contribution in [-0.2, 0) is 4.79 Å². The average molecular weight is 332 g/mol. The zero-order valence-corrected chi connectivity index (χ0v) is 13.4. The topological polar surface area (TPSA) is 80.2 Å². The number of carbonyl (C=O) groups excluding carboxylic acids is 1. The van der Waals surface area contributed by atoms with Crippen molar-refractivity contribution in [2.24, 2.45) is 0 Å². The van der Waals surface area contributed by atoms with Gasteiger partial charge in [0.05, 0.1) is 11.5 Å². The Morgan fingerprint density at radius 3 is 2.00 bits per heavy atom. The molecule has 2 aromatic carbocycles. The number of nitrogens with zero attached hydrogens (tertiary/aromatic N) is 2. The lowest BCUT2D eigenvalue weighted by Crippen LogP contribution is -2.16. The summed E-state index contributed by atoms with van der Waals surface area (Å²) in [4.78, 5) is 32.4. The number of Topliss-reactive ketones (excluding diaryl/α,β-unsaturated/α-hetero) is 1. The predicted octanol–water partition coefficient (Wildman–Crippen LogP) is 3.58. The summed E-state index contributed by atoms with van der Waals surface area (Å²) < 4.78 is 0. The van der Waals surface area contributed by atoms with Crippen molar-refractivity contribution in [3.05, 3.63) is 84.2 Å². The van der Waals surface area contributed by atoms with Crippen molar-refractivity contribution in [3.63, 3.8) is 0 Å². The van der Waals surface area contributed by atoms with Crippen LogP contribution < -0.4 is 0 Å². The average Bonchev–Trinajstić information content (AvgIpc) is 2.67. The van der Waals surface area contributed by atoms with Gasteiger partial charge in [0.25, 0.3) is 0 Å². The summed E-state index contributed by atoms with van der Waals surface area (Å²) in [5, 5.41) is 9.43. The van der Waals surface area contributed by atoms with Crippen LogP contribution in [0.15, 0.2) is 73.1 Å². The molecule has 0 aliphatic rings. The van der Waals surface area contributed by atoms with E-state index in [1.807, 2.05) is 30.3 Å². The molecule has 1 atom stereocenters. The molecule has 0 saturated heterocycles. The molecule has 0 aliphatic heterocycles. The Morgan fingerprint density at radius 2 is 1.44 bits per heavy atom. The zero-order chi connectivity index (χ0) is 17.6. The van der Waals surface area contributed by atoms with Gasteiger partial charge in [-0.15, -0.1) is 0 Å². The second-order valence-electron chi connectivity index (χ2n) is 5.59. The van der Waals surface area contributed by atoms with E-state index in [1.54, 1.807) is 30.3 Å². The molecule has 5 heteroatoms. The maximum Gasteiger partial charge on any atom is 0.311 e. The molecule has 0 bridgehead atoms. The van der Waals surface area contributed by atoms with E-state index >= 15 is 0 Å². The van der Waals surface area contributed by atoms with Crippen molar-refractivity contribution < 1.29 is 14.7 Å². The Balaban J connectivity index is 1.77. The van der Waals surface area contributed by atoms with E-state index in [4.69, 9.17) is 0 Å². The van der Waals surface area contributed by atoms with E-state index in [0.717, 1.165) is 5.56 Å². The maximum absolute atomic E-state index is 12.4. The van der Waals surface area contributed by atoms with Crippen LogP contribution >= 0.6 is 0 Å². The molecule has 0 radical (unpaired) electrons. The number of hydrogen-bond donors (Lipinski definition) is 1. The summed E-state index contributed by atoms with van der Waals surface area (Å²) in [6.45, 7) is 0. The summed E-state index contributed by atoms with van der Waals surface area (Å²) >= 11 is 0. The molecule has 25 heavy (non-hydrogen) atoms.